The van der Waals surface area contributed by atoms with Gasteiger partial charge in [0.2, 0.25) is 0 Å². The van der Waals surface area contributed by atoms with E-state index in [-0.39, 0.29) is 0 Å². The van der Waals surface area contributed by atoms with Crippen LogP contribution in [-0.2, 0) is 0 Å². The molecule has 0 aromatic carbocycles. The monoisotopic (exact) mass is 422 g/mol. The molecule has 0 heterocycles. The first-order chi connectivity index (χ1) is 14.7. The van der Waals surface area contributed by atoms with Crippen molar-refractivity contribution < 1.29 is 0 Å². The molecule has 0 saturated heterocycles. The van der Waals surface area contributed by atoms with Crippen molar-refractivity contribution in [2.24, 2.45) is 0 Å². The highest BCUT2D eigenvalue weighted by Gasteiger charge is 2.19. The fourth-order valence-corrected chi connectivity index (χ4v) is 4.80. The summed E-state index contributed by atoms with van der Waals surface area (Å²) in [6, 6.07) is 1.42. The summed E-state index contributed by atoms with van der Waals surface area (Å²) >= 11 is 0. The smallest absolute Gasteiger partial charge is 0.0254 e. The van der Waals surface area contributed by atoms with E-state index >= 15 is 0 Å². The van der Waals surface area contributed by atoms with E-state index in [0.29, 0.717) is 12.1 Å². The predicted octanol–water partition coefficient (Wildman–Crippen LogP) is 10.5. The van der Waals surface area contributed by atoms with E-state index in [0.717, 1.165) is 0 Å². The Morgan fingerprint density at radius 2 is 0.767 bits per heavy atom. The summed E-state index contributed by atoms with van der Waals surface area (Å²) in [5.74, 6) is 0. The highest BCUT2D eigenvalue weighted by atomic mass is 15.2. The van der Waals surface area contributed by atoms with Crippen LogP contribution in [0.1, 0.15) is 169 Å². The third-order valence-corrected chi connectivity index (χ3v) is 6.86. The summed E-state index contributed by atoms with van der Waals surface area (Å²) in [5, 5.41) is 0. The lowest BCUT2D eigenvalue weighted by Crippen LogP contribution is -2.38. The molecule has 30 heavy (non-hydrogen) atoms. The van der Waals surface area contributed by atoms with Crippen molar-refractivity contribution in [2.45, 2.75) is 182 Å². The van der Waals surface area contributed by atoms with Crippen molar-refractivity contribution in [1.82, 2.24) is 4.90 Å². The van der Waals surface area contributed by atoms with Crippen LogP contribution in [0.2, 0.25) is 0 Å². The van der Waals surface area contributed by atoms with E-state index in [2.05, 4.69) is 46.1 Å². The summed E-state index contributed by atoms with van der Waals surface area (Å²) in [5.41, 5.74) is 0. The molecule has 0 rings (SSSR count). The predicted molar refractivity (Wildman–Crippen MR) is 139 cm³/mol. The van der Waals surface area contributed by atoms with E-state index < -0.39 is 0 Å². The van der Waals surface area contributed by atoms with E-state index in [1.165, 1.54) is 135 Å². The molecule has 0 aliphatic heterocycles. The molecule has 2 atom stereocenters. The molecule has 0 amide bonds. The van der Waals surface area contributed by atoms with Crippen LogP contribution in [0.3, 0.4) is 0 Å². The molecule has 0 N–H and O–H groups in total. The topological polar surface area (TPSA) is 3.24 Å². The molecule has 0 aliphatic rings. The first-order valence-corrected chi connectivity index (χ1v) is 14.3. The minimum Gasteiger partial charge on any atom is -0.293 e. The largest absolute Gasteiger partial charge is 0.293 e. The molecule has 1 heteroatoms. The van der Waals surface area contributed by atoms with E-state index in [4.69, 9.17) is 0 Å². The Kier molecular flexibility index (Phi) is 23.6. The van der Waals surface area contributed by atoms with Gasteiger partial charge in [0.1, 0.15) is 0 Å². The zero-order chi connectivity index (χ0) is 22.3. The lowest BCUT2D eigenvalue weighted by Gasteiger charge is -2.34. The van der Waals surface area contributed by atoms with Crippen LogP contribution in [0.15, 0.2) is 0 Å². The molecule has 0 aromatic rings. The molecule has 1 radical (unpaired) electrons. The molecule has 181 valence electrons. The van der Waals surface area contributed by atoms with Gasteiger partial charge in [-0.15, -0.1) is 0 Å². The minimum absolute atomic E-state index is 0.711. The Morgan fingerprint density at radius 1 is 0.467 bits per heavy atom. The first kappa shape index (κ1) is 30.0. The normalized spacial score (nSPS) is 13.8. The zero-order valence-corrected chi connectivity index (χ0v) is 22.0. The van der Waals surface area contributed by atoms with Gasteiger partial charge in [-0.05, 0) is 33.1 Å². The second kappa shape index (κ2) is 23.6. The van der Waals surface area contributed by atoms with Gasteiger partial charge >= 0.3 is 0 Å². The molecule has 1 nitrogen and oxygen atoms in total. The van der Waals surface area contributed by atoms with Gasteiger partial charge in [0.05, 0.1) is 0 Å². The van der Waals surface area contributed by atoms with Gasteiger partial charge in [-0.25, -0.2) is 0 Å². The second-order valence-electron chi connectivity index (χ2n) is 9.97. The fraction of sp³-hybridized carbons (Fsp3) is 0.966. The van der Waals surface area contributed by atoms with E-state index in [9.17, 15) is 0 Å². The Morgan fingerprint density at radius 3 is 1.07 bits per heavy atom. The maximum absolute atomic E-state index is 2.70. The molecule has 2 unspecified atom stereocenters. The van der Waals surface area contributed by atoms with Crippen LogP contribution < -0.4 is 0 Å². The summed E-state index contributed by atoms with van der Waals surface area (Å²) in [7, 11) is 0. The highest BCUT2D eigenvalue weighted by Crippen LogP contribution is 2.21. The van der Waals surface area contributed by atoms with Crippen LogP contribution in [0.5, 0.6) is 0 Å². The van der Waals surface area contributed by atoms with Gasteiger partial charge in [0.15, 0.2) is 0 Å². The van der Waals surface area contributed by atoms with Gasteiger partial charge in [-0.3, -0.25) is 4.90 Å². The van der Waals surface area contributed by atoms with Crippen LogP contribution in [0, 0.1) is 6.54 Å². The van der Waals surface area contributed by atoms with E-state index in [1.54, 1.807) is 0 Å². The van der Waals surface area contributed by atoms with Crippen molar-refractivity contribution in [3.63, 3.8) is 0 Å². The van der Waals surface area contributed by atoms with E-state index in [1.807, 2.05) is 0 Å². The maximum Gasteiger partial charge on any atom is 0.0254 e. The molecule has 0 aromatic heterocycles. The first-order valence-electron chi connectivity index (χ1n) is 14.3. The van der Waals surface area contributed by atoms with Crippen LogP contribution in [0.4, 0.5) is 0 Å². The lowest BCUT2D eigenvalue weighted by atomic mass is 10.0. The molecule has 0 fully saturated rings. The van der Waals surface area contributed by atoms with Gasteiger partial charge in [0.25, 0.3) is 0 Å². The standard InChI is InChI=1S/C29H60N/c1-6-9-11-13-15-17-19-21-23-25-28(4)30(27-8-3)29(5)26-24-22-20-18-16-14-12-10-7-2/h27-29H,6-26H2,1-5H3. The van der Waals surface area contributed by atoms with Crippen molar-refractivity contribution in [3.05, 3.63) is 6.54 Å². The third kappa shape index (κ3) is 18.7. The molecular weight excluding hydrogens is 362 g/mol. The maximum atomic E-state index is 2.70. The number of hydrogen-bond donors (Lipinski definition) is 0. The Hall–Kier alpha value is -0.0400. The zero-order valence-electron chi connectivity index (χ0n) is 22.0. The number of unbranched alkanes of at least 4 members (excludes halogenated alkanes) is 16. The molecule has 0 saturated carbocycles. The van der Waals surface area contributed by atoms with Gasteiger partial charge in [-0.2, -0.15) is 0 Å². The molecule has 0 aliphatic carbocycles. The van der Waals surface area contributed by atoms with Gasteiger partial charge in [-0.1, -0.05) is 136 Å². The molecule has 0 spiro atoms. The van der Waals surface area contributed by atoms with Crippen molar-refractivity contribution in [1.29, 1.82) is 0 Å². The summed E-state index contributed by atoms with van der Waals surface area (Å²) < 4.78 is 0. The Bertz CT molecular complexity index is 285. The number of hydrogen-bond acceptors (Lipinski definition) is 1. The quantitative estimate of drug-likeness (QED) is 0.140. The van der Waals surface area contributed by atoms with Crippen molar-refractivity contribution in [2.75, 3.05) is 0 Å². The number of nitrogens with zero attached hydrogens (tertiary/aromatic N) is 1. The van der Waals surface area contributed by atoms with Crippen LogP contribution in [-0.4, -0.2) is 17.0 Å². The minimum atomic E-state index is 0.711. The third-order valence-electron chi connectivity index (χ3n) is 6.86. The summed E-state index contributed by atoms with van der Waals surface area (Å²) in [6.07, 6.45) is 29.7. The van der Waals surface area contributed by atoms with Crippen molar-refractivity contribution in [3.8, 4) is 0 Å². The SMILES string of the molecule is CC[CH]N(C(C)CCCCCCCCCCC)C(C)CCCCCCCCCCC. The van der Waals surface area contributed by atoms with Gasteiger partial charge in [0, 0.05) is 18.6 Å². The number of rotatable bonds is 24. The second-order valence-corrected chi connectivity index (χ2v) is 9.97. The lowest BCUT2D eigenvalue weighted by molar-refractivity contribution is 0.171. The van der Waals surface area contributed by atoms with Crippen LogP contribution >= 0.6 is 0 Å². The summed E-state index contributed by atoms with van der Waals surface area (Å²) in [4.78, 5) is 2.70. The fourth-order valence-electron chi connectivity index (χ4n) is 4.80. The highest BCUT2D eigenvalue weighted by molar-refractivity contribution is 4.80. The average molecular weight is 423 g/mol. The Balaban J connectivity index is 3.80. The van der Waals surface area contributed by atoms with Gasteiger partial charge < -0.3 is 0 Å². The van der Waals surface area contributed by atoms with Crippen molar-refractivity contribution >= 4 is 0 Å². The molecular formula is C29H60N. The Labute approximate surface area is 193 Å². The average Bonchev–Trinajstić information content (AvgIpc) is 2.74. The van der Waals surface area contributed by atoms with Crippen LogP contribution in [0.25, 0.3) is 0 Å². The summed E-state index contributed by atoms with van der Waals surface area (Å²) in [6.45, 7) is 14.3. The molecule has 0 bridgehead atoms.